The van der Waals surface area contributed by atoms with Crippen LogP contribution in [0.25, 0.3) is 11.0 Å². The molecule has 0 unspecified atom stereocenters. The van der Waals surface area contributed by atoms with Crippen molar-refractivity contribution in [2.75, 3.05) is 49.1 Å². The summed E-state index contributed by atoms with van der Waals surface area (Å²) in [7, 11) is -1.71. The first kappa shape index (κ1) is 20.9. The molecule has 0 aliphatic carbocycles. The molecule has 13 heteroatoms. The zero-order chi connectivity index (χ0) is 19.1. The van der Waals surface area contributed by atoms with Gasteiger partial charge < -0.3 is 14.8 Å². The summed E-state index contributed by atoms with van der Waals surface area (Å²) in [6, 6.07) is 2.75. The van der Waals surface area contributed by atoms with Crippen LogP contribution in [0.4, 0.5) is 17.2 Å². The molecule has 1 aliphatic rings. The highest BCUT2D eigenvalue weighted by Crippen LogP contribution is 2.32. The number of nitrogens with zero attached hydrogens (tertiary/aromatic N) is 4. The van der Waals surface area contributed by atoms with E-state index in [2.05, 4.69) is 14.9 Å². The number of likely N-dealkylation sites (N-methyl/N-ethyl adjacent to an activating group) is 1. The third kappa shape index (κ3) is 4.64. The number of aromatic amines is 1. The molecule has 1 aromatic carbocycles. The van der Waals surface area contributed by atoms with E-state index in [0.29, 0.717) is 18.8 Å². The monoisotopic (exact) mass is 418 g/mol. The van der Waals surface area contributed by atoms with Crippen LogP contribution in [0.3, 0.4) is 0 Å². The van der Waals surface area contributed by atoms with E-state index in [-0.39, 0.29) is 34.9 Å². The van der Waals surface area contributed by atoms with Gasteiger partial charge in [0.25, 0.3) is 11.2 Å². The SMILES string of the molecule is CN1CCN(c2cc3nc(NS(C)(=O)=O)c(=O)[nH]c3cc2[N+](=O)[O-])CC1.Cl. The summed E-state index contributed by atoms with van der Waals surface area (Å²) in [5, 5.41) is 11.5. The van der Waals surface area contributed by atoms with Gasteiger partial charge in [-0.3, -0.25) is 19.6 Å². The Morgan fingerprint density at radius 2 is 1.89 bits per heavy atom. The number of piperazine rings is 1. The fourth-order valence-corrected chi connectivity index (χ4v) is 3.29. The maximum Gasteiger partial charge on any atom is 0.294 e. The van der Waals surface area contributed by atoms with E-state index in [1.54, 1.807) is 0 Å². The highest BCUT2D eigenvalue weighted by molar-refractivity contribution is 7.92. The zero-order valence-electron chi connectivity index (χ0n) is 14.6. The maximum absolute atomic E-state index is 12.0. The molecule has 1 aliphatic heterocycles. The number of hydrogen-bond acceptors (Lipinski definition) is 8. The number of benzene rings is 1. The molecule has 0 radical (unpaired) electrons. The Morgan fingerprint density at radius 1 is 1.26 bits per heavy atom. The van der Waals surface area contributed by atoms with Crippen molar-refractivity contribution in [2.45, 2.75) is 0 Å². The van der Waals surface area contributed by atoms with Gasteiger partial charge in [-0.15, -0.1) is 12.4 Å². The minimum Gasteiger partial charge on any atom is -0.363 e. The molecule has 3 rings (SSSR count). The molecule has 0 spiro atoms. The molecule has 2 heterocycles. The number of nitro benzene ring substituents is 1. The number of H-pyrrole nitrogens is 1. The number of aromatic nitrogens is 2. The van der Waals surface area contributed by atoms with Gasteiger partial charge in [0.1, 0.15) is 5.69 Å². The topological polar surface area (TPSA) is 142 Å². The molecular weight excluding hydrogens is 400 g/mol. The summed E-state index contributed by atoms with van der Waals surface area (Å²) in [5.41, 5.74) is -0.0951. The minimum absolute atomic E-state index is 0. The Hall–Kier alpha value is -2.44. The van der Waals surface area contributed by atoms with Crippen LogP contribution in [-0.4, -0.2) is 67.7 Å². The normalized spacial score (nSPS) is 15.4. The lowest BCUT2D eigenvalue weighted by Crippen LogP contribution is -2.44. The highest BCUT2D eigenvalue weighted by Gasteiger charge is 2.24. The van der Waals surface area contributed by atoms with Gasteiger partial charge in [-0.2, -0.15) is 0 Å². The lowest BCUT2D eigenvalue weighted by molar-refractivity contribution is -0.384. The number of nitro groups is 1. The summed E-state index contributed by atoms with van der Waals surface area (Å²) < 4.78 is 24.8. The second-order valence-corrected chi connectivity index (χ2v) is 7.94. The first-order valence-electron chi connectivity index (χ1n) is 7.78. The first-order valence-corrected chi connectivity index (χ1v) is 9.67. The average molecular weight is 419 g/mol. The molecule has 2 N–H and O–H groups in total. The zero-order valence-corrected chi connectivity index (χ0v) is 16.3. The number of hydrogen-bond donors (Lipinski definition) is 2. The molecule has 0 bridgehead atoms. The largest absolute Gasteiger partial charge is 0.363 e. The summed E-state index contributed by atoms with van der Waals surface area (Å²) in [6.45, 7) is 2.74. The van der Waals surface area contributed by atoms with Gasteiger partial charge in [-0.1, -0.05) is 0 Å². The Bertz CT molecular complexity index is 1030. The molecule has 0 amide bonds. The lowest BCUT2D eigenvalue weighted by atomic mass is 10.2. The van der Waals surface area contributed by atoms with Gasteiger partial charge in [0.15, 0.2) is 0 Å². The molecule has 0 saturated carbocycles. The third-order valence-electron chi connectivity index (χ3n) is 4.11. The molecule has 2 aromatic rings. The molecular formula is C14H19ClN6O5S. The molecule has 11 nitrogen and oxygen atoms in total. The van der Waals surface area contributed by atoms with Crippen LogP contribution in [-0.2, 0) is 10.0 Å². The van der Waals surface area contributed by atoms with Crippen LogP contribution in [0.15, 0.2) is 16.9 Å². The van der Waals surface area contributed by atoms with Crippen molar-refractivity contribution in [1.82, 2.24) is 14.9 Å². The summed E-state index contributed by atoms with van der Waals surface area (Å²) in [5.74, 6) is -0.377. The first-order chi connectivity index (χ1) is 12.1. The quantitative estimate of drug-likeness (QED) is 0.536. The van der Waals surface area contributed by atoms with E-state index in [4.69, 9.17) is 0 Å². The maximum atomic E-state index is 12.0. The van der Waals surface area contributed by atoms with Crippen molar-refractivity contribution in [3.8, 4) is 0 Å². The van der Waals surface area contributed by atoms with E-state index in [0.717, 1.165) is 19.3 Å². The third-order valence-corrected chi connectivity index (χ3v) is 4.68. The van der Waals surface area contributed by atoms with E-state index in [1.807, 2.05) is 16.7 Å². The standard InChI is InChI=1S/C14H18N6O5S.ClH/c1-18-3-5-19(6-4-18)11-7-9-10(8-12(11)20(22)23)16-14(21)13(15-9)17-26(2,24)25;/h7-8H,3-6H2,1-2H3,(H,15,17)(H,16,21);1H. The van der Waals surface area contributed by atoms with Gasteiger partial charge in [-0.25, -0.2) is 13.4 Å². The van der Waals surface area contributed by atoms with E-state index < -0.39 is 20.5 Å². The van der Waals surface area contributed by atoms with Gasteiger partial charge in [0.2, 0.25) is 15.8 Å². The summed E-state index contributed by atoms with van der Waals surface area (Å²) >= 11 is 0. The van der Waals surface area contributed by atoms with E-state index in [9.17, 15) is 23.3 Å². The second-order valence-electron chi connectivity index (χ2n) is 6.19. The number of halogens is 1. The van der Waals surface area contributed by atoms with Crippen molar-refractivity contribution in [2.24, 2.45) is 0 Å². The molecule has 1 saturated heterocycles. The van der Waals surface area contributed by atoms with Crippen LogP contribution < -0.4 is 15.2 Å². The molecule has 1 fully saturated rings. The van der Waals surface area contributed by atoms with Crippen molar-refractivity contribution >= 4 is 50.7 Å². The van der Waals surface area contributed by atoms with Crippen LogP contribution in [0.2, 0.25) is 0 Å². The Kier molecular flexibility index (Phi) is 5.92. The fourth-order valence-electron chi connectivity index (χ4n) is 2.80. The smallest absolute Gasteiger partial charge is 0.294 e. The number of nitrogens with one attached hydrogen (secondary N) is 2. The second kappa shape index (κ2) is 7.66. The minimum atomic E-state index is -3.68. The van der Waals surface area contributed by atoms with Gasteiger partial charge >= 0.3 is 0 Å². The van der Waals surface area contributed by atoms with Crippen molar-refractivity contribution in [1.29, 1.82) is 0 Å². The van der Waals surface area contributed by atoms with E-state index in [1.165, 1.54) is 12.1 Å². The van der Waals surface area contributed by atoms with Crippen molar-refractivity contribution in [3.05, 3.63) is 32.6 Å². The van der Waals surface area contributed by atoms with Gasteiger partial charge in [0.05, 0.1) is 22.2 Å². The number of fused-ring (bicyclic) bond motifs is 1. The fraction of sp³-hybridized carbons (Fsp3) is 0.429. The van der Waals surface area contributed by atoms with Crippen molar-refractivity contribution < 1.29 is 13.3 Å². The number of sulfonamides is 1. The summed E-state index contributed by atoms with van der Waals surface area (Å²) in [6.07, 6.45) is 0.907. The van der Waals surface area contributed by atoms with E-state index >= 15 is 0 Å². The highest BCUT2D eigenvalue weighted by atomic mass is 35.5. The molecule has 27 heavy (non-hydrogen) atoms. The van der Waals surface area contributed by atoms with Crippen LogP contribution in [0.1, 0.15) is 0 Å². The molecule has 1 aromatic heterocycles. The Balaban J connectivity index is 0.00000261. The average Bonchev–Trinajstić information content (AvgIpc) is 2.54. The predicted octanol–water partition coefficient (Wildman–Crippen LogP) is 0.376. The van der Waals surface area contributed by atoms with Crippen LogP contribution in [0, 0.1) is 10.1 Å². The van der Waals surface area contributed by atoms with Gasteiger partial charge in [0, 0.05) is 32.2 Å². The molecule has 148 valence electrons. The Morgan fingerprint density at radius 3 is 2.44 bits per heavy atom. The lowest BCUT2D eigenvalue weighted by Gasteiger charge is -2.33. The Labute approximate surface area is 161 Å². The molecule has 0 atom stereocenters. The number of anilines is 2. The van der Waals surface area contributed by atoms with Crippen LogP contribution >= 0.6 is 12.4 Å². The van der Waals surface area contributed by atoms with Crippen LogP contribution in [0.5, 0.6) is 0 Å². The summed E-state index contributed by atoms with van der Waals surface area (Å²) in [4.78, 5) is 33.4. The van der Waals surface area contributed by atoms with Crippen molar-refractivity contribution in [3.63, 3.8) is 0 Å². The number of rotatable bonds is 4. The van der Waals surface area contributed by atoms with Gasteiger partial charge in [-0.05, 0) is 13.1 Å². The predicted molar refractivity (Wildman–Crippen MR) is 104 cm³/mol.